The lowest BCUT2D eigenvalue weighted by Gasteiger charge is -2.09. The van der Waals surface area contributed by atoms with Crippen molar-refractivity contribution in [2.45, 2.75) is 6.54 Å². The van der Waals surface area contributed by atoms with E-state index in [2.05, 4.69) is 15.0 Å². The Labute approximate surface area is 118 Å². The molecular formula is C15H10F2N4. The molecule has 0 saturated carbocycles. The first kappa shape index (κ1) is 12.1. The number of halogens is 2. The molecule has 21 heavy (non-hydrogen) atoms. The minimum atomic E-state index is -0.454. The molecule has 0 N–H and O–H groups in total. The van der Waals surface area contributed by atoms with Crippen molar-refractivity contribution in [1.29, 1.82) is 0 Å². The Kier molecular flexibility index (Phi) is 2.57. The van der Waals surface area contributed by atoms with E-state index in [-0.39, 0.29) is 11.5 Å². The van der Waals surface area contributed by atoms with Gasteiger partial charge in [-0.05, 0) is 18.2 Å². The largest absolute Gasteiger partial charge is 0.320 e. The summed E-state index contributed by atoms with van der Waals surface area (Å²) in [6.07, 6.45) is 4.53. The molecule has 0 bridgehead atoms. The monoisotopic (exact) mass is 284 g/mol. The molecular weight excluding hydrogens is 274 g/mol. The summed E-state index contributed by atoms with van der Waals surface area (Å²) in [5.74, 6) is -0.830. The fourth-order valence-electron chi connectivity index (χ4n) is 2.59. The Morgan fingerprint density at radius 2 is 2.10 bits per heavy atom. The summed E-state index contributed by atoms with van der Waals surface area (Å²) >= 11 is 0. The van der Waals surface area contributed by atoms with Crippen LogP contribution in [0.2, 0.25) is 0 Å². The van der Waals surface area contributed by atoms with Crippen LogP contribution in [0.15, 0.2) is 35.6 Å². The van der Waals surface area contributed by atoms with E-state index < -0.39 is 5.82 Å². The summed E-state index contributed by atoms with van der Waals surface area (Å²) < 4.78 is 30.0. The van der Waals surface area contributed by atoms with Gasteiger partial charge < -0.3 is 4.57 Å². The van der Waals surface area contributed by atoms with Crippen molar-refractivity contribution >= 4 is 17.2 Å². The van der Waals surface area contributed by atoms with Crippen molar-refractivity contribution in [3.8, 4) is 11.3 Å². The molecule has 0 spiro atoms. The van der Waals surface area contributed by atoms with Crippen molar-refractivity contribution in [2.24, 2.45) is 4.99 Å². The molecule has 0 radical (unpaired) electrons. The van der Waals surface area contributed by atoms with Gasteiger partial charge in [-0.3, -0.25) is 9.98 Å². The molecule has 3 aromatic rings. The summed E-state index contributed by atoms with van der Waals surface area (Å²) in [6.45, 7) is 1.20. The van der Waals surface area contributed by atoms with Gasteiger partial charge in [0.2, 0.25) is 0 Å². The first-order valence-electron chi connectivity index (χ1n) is 6.54. The van der Waals surface area contributed by atoms with Crippen LogP contribution < -0.4 is 0 Å². The van der Waals surface area contributed by atoms with E-state index in [9.17, 15) is 8.78 Å². The summed E-state index contributed by atoms with van der Waals surface area (Å²) in [4.78, 5) is 12.4. The summed E-state index contributed by atoms with van der Waals surface area (Å²) in [6, 6.07) is 4.42. The number of fused-ring (bicyclic) bond motifs is 3. The van der Waals surface area contributed by atoms with Crippen molar-refractivity contribution < 1.29 is 8.78 Å². The lowest BCUT2D eigenvalue weighted by Crippen LogP contribution is -2.11. The molecule has 4 rings (SSSR count). The van der Waals surface area contributed by atoms with Crippen LogP contribution in [0.1, 0.15) is 5.69 Å². The minimum absolute atomic E-state index is 0.170. The molecule has 0 unspecified atom stereocenters. The minimum Gasteiger partial charge on any atom is -0.320 e. The predicted molar refractivity (Wildman–Crippen MR) is 75.3 cm³/mol. The van der Waals surface area contributed by atoms with Crippen LogP contribution >= 0.6 is 0 Å². The maximum atomic E-state index is 14.4. The fraction of sp³-hybridized carbons (Fsp3) is 0.133. The van der Waals surface area contributed by atoms with Crippen LogP contribution in [0.4, 0.5) is 8.78 Å². The lowest BCUT2D eigenvalue weighted by atomic mass is 10.1. The van der Waals surface area contributed by atoms with Gasteiger partial charge in [-0.2, -0.15) is 0 Å². The average molecular weight is 284 g/mol. The quantitative estimate of drug-likeness (QED) is 0.689. The number of pyridine rings is 2. The molecule has 0 aliphatic carbocycles. The second-order valence-electron chi connectivity index (χ2n) is 4.82. The Balaban J connectivity index is 1.98. The molecule has 3 aromatic heterocycles. The van der Waals surface area contributed by atoms with E-state index >= 15 is 0 Å². The third kappa shape index (κ3) is 1.75. The highest BCUT2D eigenvalue weighted by molar-refractivity contribution is 5.91. The number of hydrogen-bond acceptors (Lipinski definition) is 3. The van der Waals surface area contributed by atoms with Crippen molar-refractivity contribution in [2.75, 3.05) is 6.54 Å². The molecule has 104 valence electrons. The van der Waals surface area contributed by atoms with Gasteiger partial charge in [0, 0.05) is 30.7 Å². The Morgan fingerprint density at radius 3 is 2.95 bits per heavy atom. The Hall–Kier alpha value is -2.63. The van der Waals surface area contributed by atoms with Crippen LogP contribution in [0.5, 0.6) is 0 Å². The van der Waals surface area contributed by atoms with E-state index in [4.69, 9.17) is 0 Å². The zero-order chi connectivity index (χ0) is 14.4. The Morgan fingerprint density at radius 1 is 1.19 bits per heavy atom. The van der Waals surface area contributed by atoms with E-state index in [0.29, 0.717) is 35.4 Å². The molecule has 0 atom stereocenters. The number of nitrogens with zero attached hydrogens (tertiary/aromatic N) is 4. The van der Waals surface area contributed by atoms with Gasteiger partial charge in [0.15, 0.2) is 5.82 Å². The van der Waals surface area contributed by atoms with E-state index in [1.54, 1.807) is 10.6 Å². The van der Waals surface area contributed by atoms with Gasteiger partial charge in [-0.15, -0.1) is 0 Å². The predicted octanol–water partition coefficient (Wildman–Crippen LogP) is 2.81. The fourth-order valence-corrected chi connectivity index (χ4v) is 2.59. The van der Waals surface area contributed by atoms with Crippen molar-refractivity contribution in [3.05, 3.63) is 47.9 Å². The number of aliphatic imine (C=N–C) groups is 1. The van der Waals surface area contributed by atoms with Crippen LogP contribution in [0, 0.1) is 11.6 Å². The third-order valence-corrected chi connectivity index (χ3v) is 3.57. The molecule has 0 fully saturated rings. The lowest BCUT2D eigenvalue weighted by molar-refractivity contribution is 0.613. The summed E-state index contributed by atoms with van der Waals surface area (Å²) in [5.41, 5.74) is 1.60. The molecule has 0 amide bonds. The van der Waals surface area contributed by atoms with Gasteiger partial charge in [-0.25, -0.2) is 13.8 Å². The summed E-state index contributed by atoms with van der Waals surface area (Å²) in [7, 11) is 0. The second kappa shape index (κ2) is 4.44. The van der Waals surface area contributed by atoms with Crippen molar-refractivity contribution in [3.63, 3.8) is 0 Å². The standard InChI is InChI=1S/C15H10F2N4/c16-11-2-1-3-19-14(11)9-6-10-13(17)12-8-18-4-5-21(12)15(10)20-7-9/h1-3,6-8H,4-5H2. The van der Waals surface area contributed by atoms with Gasteiger partial charge >= 0.3 is 0 Å². The molecule has 4 nitrogen and oxygen atoms in total. The van der Waals surface area contributed by atoms with E-state index in [1.165, 1.54) is 30.7 Å². The second-order valence-corrected chi connectivity index (χ2v) is 4.82. The van der Waals surface area contributed by atoms with Gasteiger partial charge in [-0.1, -0.05) is 0 Å². The SMILES string of the molecule is Fc1cccnc1-c1cnc2c(c1)c(F)c1n2CCN=C1. The third-order valence-electron chi connectivity index (χ3n) is 3.57. The highest BCUT2D eigenvalue weighted by Gasteiger charge is 2.20. The maximum absolute atomic E-state index is 14.4. The molecule has 0 aromatic carbocycles. The van der Waals surface area contributed by atoms with Crippen LogP contribution in [-0.2, 0) is 6.54 Å². The highest BCUT2D eigenvalue weighted by Crippen LogP contribution is 2.28. The molecule has 1 aliphatic rings. The van der Waals surface area contributed by atoms with Crippen molar-refractivity contribution in [1.82, 2.24) is 14.5 Å². The first-order valence-corrected chi connectivity index (χ1v) is 6.54. The average Bonchev–Trinajstić information content (AvgIpc) is 2.81. The molecule has 1 aliphatic heterocycles. The molecule has 4 heterocycles. The number of rotatable bonds is 1. The van der Waals surface area contributed by atoms with E-state index in [1.807, 2.05) is 0 Å². The zero-order valence-corrected chi connectivity index (χ0v) is 10.9. The maximum Gasteiger partial charge on any atom is 0.159 e. The molecule has 0 saturated heterocycles. The van der Waals surface area contributed by atoms with Crippen LogP contribution in [0.25, 0.3) is 22.3 Å². The topological polar surface area (TPSA) is 43.1 Å². The zero-order valence-electron chi connectivity index (χ0n) is 10.9. The van der Waals surface area contributed by atoms with Gasteiger partial charge in [0.25, 0.3) is 0 Å². The van der Waals surface area contributed by atoms with Crippen LogP contribution in [0.3, 0.4) is 0 Å². The highest BCUT2D eigenvalue weighted by atomic mass is 19.1. The molecule has 6 heteroatoms. The summed E-state index contributed by atoms with van der Waals surface area (Å²) in [5, 5.41) is 0.362. The smallest absolute Gasteiger partial charge is 0.159 e. The number of hydrogen-bond donors (Lipinski definition) is 0. The normalized spacial score (nSPS) is 13.6. The van der Waals surface area contributed by atoms with Gasteiger partial charge in [0.05, 0.1) is 17.6 Å². The first-order chi connectivity index (χ1) is 10.3. The van der Waals surface area contributed by atoms with Gasteiger partial charge in [0.1, 0.15) is 17.2 Å². The Bertz CT molecular complexity index is 883. The van der Waals surface area contributed by atoms with E-state index in [0.717, 1.165) is 0 Å². The van der Waals surface area contributed by atoms with Crippen LogP contribution in [-0.4, -0.2) is 27.3 Å². The number of aromatic nitrogens is 3.